The number of amides is 1. The number of nitrogens with zero attached hydrogens (tertiary/aromatic N) is 2. The zero-order valence-electron chi connectivity index (χ0n) is 13.3. The number of benzene rings is 1. The molecule has 0 atom stereocenters. The molecule has 0 radical (unpaired) electrons. The summed E-state index contributed by atoms with van der Waals surface area (Å²) in [7, 11) is 0. The van der Waals surface area contributed by atoms with Gasteiger partial charge in [-0.2, -0.15) is 0 Å². The fourth-order valence-corrected chi connectivity index (χ4v) is 3.20. The number of aromatic nitrogens is 1. The number of rotatable bonds is 3. The van der Waals surface area contributed by atoms with Gasteiger partial charge in [-0.25, -0.2) is 4.98 Å². The molecule has 0 bridgehead atoms. The summed E-state index contributed by atoms with van der Waals surface area (Å²) in [5, 5.41) is 1.23. The second-order valence-electron chi connectivity index (χ2n) is 6.17. The van der Waals surface area contributed by atoms with Crippen molar-refractivity contribution in [3.05, 3.63) is 35.4 Å². The Balaban J connectivity index is 1.88. The van der Waals surface area contributed by atoms with E-state index in [0.29, 0.717) is 0 Å². The van der Waals surface area contributed by atoms with Gasteiger partial charge in [0.2, 0.25) is 5.91 Å². The molecular formula is C18H23N3O. The van der Waals surface area contributed by atoms with E-state index in [-0.39, 0.29) is 11.8 Å². The molecule has 1 fully saturated rings. The van der Waals surface area contributed by atoms with Gasteiger partial charge in [-0.1, -0.05) is 13.0 Å². The van der Waals surface area contributed by atoms with E-state index >= 15 is 0 Å². The first-order chi connectivity index (χ1) is 10.6. The third-order valence-corrected chi connectivity index (χ3v) is 4.70. The molecule has 1 amide bonds. The Kier molecular flexibility index (Phi) is 4.01. The summed E-state index contributed by atoms with van der Waals surface area (Å²) in [6.45, 7) is 6.00. The fraction of sp³-hybridized carbons (Fsp3) is 0.444. The molecule has 2 heterocycles. The van der Waals surface area contributed by atoms with Crippen LogP contribution in [-0.2, 0) is 11.2 Å². The highest BCUT2D eigenvalue weighted by Gasteiger charge is 2.24. The Labute approximate surface area is 131 Å². The van der Waals surface area contributed by atoms with Crippen molar-refractivity contribution in [3.8, 4) is 0 Å². The Morgan fingerprint density at radius 1 is 1.32 bits per heavy atom. The number of hydrogen-bond donors (Lipinski definition) is 1. The third kappa shape index (κ3) is 2.78. The summed E-state index contributed by atoms with van der Waals surface area (Å²) >= 11 is 0. The Morgan fingerprint density at radius 2 is 2.05 bits per heavy atom. The first-order valence-electron chi connectivity index (χ1n) is 8.03. The summed E-state index contributed by atoms with van der Waals surface area (Å²) in [4.78, 5) is 18.4. The molecule has 4 nitrogen and oxygen atoms in total. The Bertz CT molecular complexity index is 703. The third-order valence-electron chi connectivity index (χ3n) is 4.70. The second-order valence-corrected chi connectivity index (χ2v) is 6.17. The number of aryl methyl sites for hydroxylation is 2. The van der Waals surface area contributed by atoms with E-state index in [0.717, 1.165) is 43.7 Å². The SMILES string of the molecule is CCc1ccc2nc(N3CCC(C(N)=O)CC3)cc(C)c2c1. The molecule has 2 aromatic rings. The van der Waals surface area contributed by atoms with E-state index in [4.69, 9.17) is 10.7 Å². The predicted octanol–water partition coefficient (Wildman–Crippen LogP) is 2.81. The molecule has 116 valence electrons. The maximum Gasteiger partial charge on any atom is 0.220 e. The maximum atomic E-state index is 11.3. The number of carbonyl (C=O) groups is 1. The van der Waals surface area contributed by atoms with Crippen molar-refractivity contribution in [2.24, 2.45) is 11.7 Å². The molecule has 0 unspecified atom stereocenters. The van der Waals surface area contributed by atoms with Gasteiger partial charge in [0.25, 0.3) is 0 Å². The van der Waals surface area contributed by atoms with Crippen LogP contribution >= 0.6 is 0 Å². The van der Waals surface area contributed by atoms with Crippen molar-refractivity contribution in [3.63, 3.8) is 0 Å². The van der Waals surface area contributed by atoms with Crippen molar-refractivity contribution in [2.75, 3.05) is 18.0 Å². The van der Waals surface area contributed by atoms with Crippen LogP contribution in [0, 0.1) is 12.8 Å². The van der Waals surface area contributed by atoms with Crippen LogP contribution in [0.5, 0.6) is 0 Å². The lowest BCUT2D eigenvalue weighted by Gasteiger charge is -2.31. The van der Waals surface area contributed by atoms with Gasteiger partial charge in [0.15, 0.2) is 0 Å². The number of primary amides is 1. The van der Waals surface area contributed by atoms with Gasteiger partial charge in [-0.15, -0.1) is 0 Å². The molecule has 22 heavy (non-hydrogen) atoms. The maximum absolute atomic E-state index is 11.3. The van der Waals surface area contributed by atoms with Crippen LogP contribution < -0.4 is 10.6 Å². The molecule has 0 aliphatic carbocycles. The van der Waals surface area contributed by atoms with Gasteiger partial charge in [0.1, 0.15) is 5.82 Å². The standard InChI is InChI=1S/C18H23N3O/c1-3-13-4-5-16-15(11-13)12(2)10-17(20-16)21-8-6-14(7-9-21)18(19)22/h4-5,10-11,14H,3,6-9H2,1-2H3,(H2,19,22). The Morgan fingerprint density at radius 3 is 2.68 bits per heavy atom. The number of pyridine rings is 1. The molecule has 1 saturated heterocycles. The minimum Gasteiger partial charge on any atom is -0.369 e. The summed E-state index contributed by atoms with van der Waals surface area (Å²) in [5.74, 6) is 0.858. The zero-order valence-corrected chi connectivity index (χ0v) is 13.3. The highest BCUT2D eigenvalue weighted by atomic mass is 16.1. The van der Waals surface area contributed by atoms with Crippen LogP contribution in [0.15, 0.2) is 24.3 Å². The molecule has 2 N–H and O–H groups in total. The van der Waals surface area contributed by atoms with E-state index in [2.05, 4.69) is 43.0 Å². The predicted molar refractivity (Wildman–Crippen MR) is 90.0 cm³/mol. The fourth-order valence-electron chi connectivity index (χ4n) is 3.20. The smallest absolute Gasteiger partial charge is 0.220 e. The second kappa shape index (κ2) is 5.95. The lowest BCUT2D eigenvalue weighted by atomic mass is 9.96. The molecule has 0 saturated carbocycles. The van der Waals surface area contributed by atoms with Gasteiger partial charge in [0, 0.05) is 24.4 Å². The van der Waals surface area contributed by atoms with Gasteiger partial charge >= 0.3 is 0 Å². The van der Waals surface area contributed by atoms with Crippen molar-refractivity contribution in [2.45, 2.75) is 33.1 Å². The average molecular weight is 297 g/mol. The first-order valence-corrected chi connectivity index (χ1v) is 8.03. The number of fused-ring (bicyclic) bond motifs is 1. The number of hydrogen-bond acceptors (Lipinski definition) is 3. The lowest BCUT2D eigenvalue weighted by Crippen LogP contribution is -2.38. The monoisotopic (exact) mass is 297 g/mol. The molecular weight excluding hydrogens is 274 g/mol. The van der Waals surface area contributed by atoms with E-state index in [1.807, 2.05) is 0 Å². The highest BCUT2D eigenvalue weighted by Crippen LogP contribution is 2.27. The largest absolute Gasteiger partial charge is 0.369 e. The van der Waals surface area contributed by atoms with E-state index < -0.39 is 0 Å². The molecule has 0 spiro atoms. The molecule has 3 rings (SSSR count). The number of anilines is 1. The van der Waals surface area contributed by atoms with Gasteiger partial charge in [0.05, 0.1) is 5.52 Å². The molecule has 4 heteroatoms. The summed E-state index contributed by atoms with van der Waals surface area (Å²) in [6.07, 6.45) is 2.68. The first kappa shape index (κ1) is 14.8. The van der Waals surface area contributed by atoms with E-state index in [9.17, 15) is 4.79 Å². The average Bonchev–Trinajstić information content (AvgIpc) is 2.54. The van der Waals surface area contributed by atoms with Crippen LogP contribution in [0.25, 0.3) is 10.9 Å². The van der Waals surface area contributed by atoms with Crippen molar-refractivity contribution in [1.82, 2.24) is 4.98 Å². The van der Waals surface area contributed by atoms with Crippen molar-refractivity contribution in [1.29, 1.82) is 0 Å². The zero-order chi connectivity index (χ0) is 15.7. The van der Waals surface area contributed by atoms with Crippen molar-refractivity contribution >= 4 is 22.6 Å². The van der Waals surface area contributed by atoms with E-state index in [1.54, 1.807) is 0 Å². The van der Waals surface area contributed by atoms with Gasteiger partial charge in [-0.3, -0.25) is 4.79 Å². The molecule has 1 aliphatic rings. The number of carbonyl (C=O) groups excluding carboxylic acids is 1. The highest BCUT2D eigenvalue weighted by molar-refractivity contribution is 5.84. The normalized spacial score (nSPS) is 16.2. The van der Waals surface area contributed by atoms with Gasteiger partial charge < -0.3 is 10.6 Å². The van der Waals surface area contributed by atoms with E-state index in [1.165, 1.54) is 16.5 Å². The van der Waals surface area contributed by atoms with Crippen molar-refractivity contribution < 1.29 is 4.79 Å². The number of piperidine rings is 1. The van der Waals surface area contributed by atoms with Crippen LogP contribution in [-0.4, -0.2) is 24.0 Å². The van der Waals surface area contributed by atoms with Gasteiger partial charge in [-0.05, 0) is 55.5 Å². The molecule has 1 aromatic heterocycles. The summed E-state index contributed by atoms with van der Waals surface area (Å²) in [6, 6.07) is 8.66. The van der Waals surface area contributed by atoms with Crippen LogP contribution in [0.4, 0.5) is 5.82 Å². The summed E-state index contributed by atoms with van der Waals surface area (Å²) in [5.41, 5.74) is 9.05. The molecule has 1 aliphatic heterocycles. The lowest BCUT2D eigenvalue weighted by molar-refractivity contribution is -0.122. The summed E-state index contributed by atoms with van der Waals surface area (Å²) < 4.78 is 0. The minimum absolute atomic E-state index is 0.0184. The Hall–Kier alpha value is -2.10. The topological polar surface area (TPSA) is 59.2 Å². The minimum atomic E-state index is -0.172. The van der Waals surface area contributed by atoms with Crippen LogP contribution in [0.2, 0.25) is 0 Å². The number of nitrogens with two attached hydrogens (primary N) is 1. The molecule has 1 aromatic carbocycles. The quantitative estimate of drug-likeness (QED) is 0.947. The van der Waals surface area contributed by atoms with Crippen LogP contribution in [0.3, 0.4) is 0 Å². The van der Waals surface area contributed by atoms with Crippen LogP contribution in [0.1, 0.15) is 30.9 Å².